The largest absolute Gasteiger partial charge is 0.467 e. The van der Waals surface area contributed by atoms with E-state index in [1.54, 1.807) is 18.0 Å². The summed E-state index contributed by atoms with van der Waals surface area (Å²) in [4.78, 5) is 11.1. The molecule has 24 heavy (non-hydrogen) atoms. The molecule has 2 heterocycles. The normalized spacial score (nSPS) is 15.7. The third-order valence-electron chi connectivity index (χ3n) is 4.46. The van der Waals surface area contributed by atoms with Gasteiger partial charge in [-0.15, -0.1) is 10.2 Å². The maximum atomic E-state index is 11.1. The van der Waals surface area contributed by atoms with Crippen molar-refractivity contribution in [2.45, 2.75) is 56.6 Å². The lowest BCUT2D eigenvalue weighted by atomic mass is 9.91. The van der Waals surface area contributed by atoms with E-state index in [-0.39, 0.29) is 12.3 Å². The molecule has 0 unspecified atom stereocenters. The number of nitrogens with two attached hydrogens (primary N) is 1. The first-order valence-corrected chi connectivity index (χ1v) is 9.56. The summed E-state index contributed by atoms with van der Waals surface area (Å²) in [6.07, 6.45) is 9.13. The smallest absolute Gasteiger partial charge is 0.217 e. The van der Waals surface area contributed by atoms with Crippen LogP contribution in [0.4, 0.5) is 0 Å². The van der Waals surface area contributed by atoms with Crippen LogP contribution in [0.2, 0.25) is 0 Å². The van der Waals surface area contributed by atoms with E-state index in [0.717, 1.165) is 28.4 Å². The van der Waals surface area contributed by atoms with Gasteiger partial charge in [0.25, 0.3) is 0 Å². The molecule has 0 saturated heterocycles. The number of thioether (sulfide) groups is 1. The minimum Gasteiger partial charge on any atom is -0.467 e. The van der Waals surface area contributed by atoms with E-state index >= 15 is 0 Å². The quantitative estimate of drug-likeness (QED) is 0.741. The molecule has 1 fully saturated rings. The number of primary amides is 1. The average molecular weight is 348 g/mol. The Hall–Kier alpha value is -1.76. The maximum Gasteiger partial charge on any atom is 0.217 e. The molecular weight excluding hydrogens is 324 g/mol. The fraction of sp³-hybridized carbons (Fsp3) is 0.588. The number of amides is 1. The number of hydrogen-bond donors (Lipinski definition) is 1. The molecule has 1 saturated carbocycles. The zero-order valence-corrected chi connectivity index (χ0v) is 14.6. The lowest BCUT2D eigenvalue weighted by molar-refractivity contribution is -0.118. The number of rotatable bonds is 8. The summed E-state index contributed by atoms with van der Waals surface area (Å²) in [6.45, 7) is 0.584. The van der Waals surface area contributed by atoms with Crippen molar-refractivity contribution in [1.29, 1.82) is 0 Å². The number of carbonyl (C=O) groups is 1. The number of aromatic nitrogens is 3. The zero-order valence-electron chi connectivity index (χ0n) is 13.8. The van der Waals surface area contributed by atoms with Crippen LogP contribution >= 0.6 is 11.8 Å². The first-order chi connectivity index (χ1) is 11.7. The van der Waals surface area contributed by atoms with Crippen molar-refractivity contribution in [3.8, 4) is 0 Å². The molecule has 0 bridgehead atoms. The Morgan fingerprint density at radius 2 is 2.17 bits per heavy atom. The highest BCUT2D eigenvalue weighted by atomic mass is 32.2. The van der Waals surface area contributed by atoms with Gasteiger partial charge in [0.05, 0.1) is 12.8 Å². The second-order valence-corrected chi connectivity index (χ2v) is 7.33. The van der Waals surface area contributed by atoms with Gasteiger partial charge < -0.3 is 10.2 Å². The van der Waals surface area contributed by atoms with Crippen LogP contribution in [0.1, 0.15) is 50.1 Å². The maximum absolute atomic E-state index is 11.1. The number of carbonyl (C=O) groups excluding carboxylic acids is 1. The fourth-order valence-corrected chi connectivity index (χ4v) is 4.25. The van der Waals surface area contributed by atoms with Gasteiger partial charge >= 0.3 is 0 Å². The molecule has 0 aromatic carbocycles. The first-order valence-electron chi connectivity index (χ1n) is 8.58. The van der Waals surface area contributed by atoms with Crippen molar-refractivity contribution in [1.82, 2.24) is 14.8 Å². The van der Waals surface area contributed by atoms with Crippen molar-refractivity contribution in [3.05, 3.63) is 30.0 Å². The van der Waals surface area contributed by atoms with Gasteiger partial charge in [-0.1, -0.05) is 31.0 Å². The van der Waals surface area contributed by atoms with Gasteiger partial charge in [-0.05, 0) is 30.9 Å². The highest BCUT2D eigenvalue weighted by molar-refractivity contribution is 7.99. The summed E-state index contributed by atoms with van der Waals surface area (Å²) in [5, 5.41) is 9.52. The van der Waals surface area contributed by atoms with Crippen molar-refractivity contribution in [2.75, 3.05) is 5.75 Å². The second kappa shape index (κ2) is 8.37. The highest BCUT2D eigenvalue weighted by Crippen LogP contribution is 2.30. The van der Waals surface area contributed by atoms with Gasteiger partial charge in [-0.2, -0.15) is 0 Å². The Morgan fingerprint density at radius 1 is 1.33 bits per heavy atom. The molecule has 1 amide bonds. The monoisotopic (exact) mass is 348 g/mol. The molecule has 1 aliphatic rings. The highest BCUT2D eigenvalue weighted by Gasteiger charge is 2.18. The summed E-state index contributed by atoms with van der Waals surface area (Å²) in [7, 11) is 0. The minimum absolute atomic E-state index is 0.281. The molecule has 2 N–H and O–H groups in total. The van der Waals surface area contributed by atoms with E-state index in [0.29, 0.717) is 13.0 Å². The van der Waals surface area contributed by atoms with E-state index in [2.05, 4.69) is 14.8 Å². The lowest BCUT2D eigenvalue weighted by Gasteiger charge is -2.20. The van der Waals surface area contributed by atoms with Gasteiger partial charge in [0, 0.05) is 18.6 Å². The third-order valence-corrected chi connectivity index (χ3v) is 5.65. The van der Waals surface area contributed by atoms with Crippen LogP contribution in [0.15, 0.2) is 28.0 Å². The van der Waals surface area contributed by atoms with Crippen LogP contribution in [0.5, 0.6) is 0 Å². The SMILES string of the molecule is NC(=O)CCc1nnc(SCC2CCCCC2)n1Cc1ccco1. The second-order valence-electron chi connectivity index (χ2n) is 6.35. The molecule has 130 valence electrons. The number of hydrogen-bond acceptors (Lipinski definition) is 5. The van der Waals surface area contributed by atoms with Crippen molar-refractivity contribution in [3.63, 3.8) is 0 Å². The Balaban J connectivity index is 1.70. The number of furan rings is 1. The molecular formula is C17H24N4O2S. The van der Waals surface area contributed by atoms with E-state index in [4.69, 9.17) is 10.2 Å². The van der Waals surface area contributed by atoms with Crippen LogP contribution in [-0.2, 0) is 17.8 Å². The number of aryl methyl sites for hydroxylation is 1. The minimum atomic E-state index is -0.320. The van der Waals surface area contributed by atoms with Gasteiger partial charge in [0.1, 0.15) is 11.6 Å². The van der Waals surface area contributed by atoms with Crippen LogP contribution in [0.3, 0.4) is 0 Å². The summed E-state index contributed by atoms with van der Waals surface area (Å²) in [5.74, 6) is 3.17. The van der Waals surface area contributed by atoms with E-state index < -0.39 is 0 Å². The summed E-state index contributed by atoms with van der Waals surface area (Å²) in [6, 6.07) is 3.81. The average Bonchev–Trinajstić information content (AvgIpc) is 3.23. The van der Waals surface area contributed by atoms with Gasteiger partial charge in [-0.3, -0.25) is 9.36 Å². The summed E-state index contributed by atoms with van der Waals surface area (Å²) >= 11 is 1.76. The van der Waals surface area contributed by atoms with E-state index in [1.165, 1.54) is 32.1 Å². The predicted octanol–water partition coefficient (Wildman–Crippen LogP) is 3.01. The van der Waals surface area contributed by atoms with Gasteiger partial charge in [0.2, 0.25) is 5.91 Å². The molecule has 7 heteroatoms. The third kappa shape index (κ3) is 4.63. The molecule has 3 rings (SSSR count). The molecule has 2 aromatic heterocycles. The molecule has 0 radical (unpaired) electrons. The Kier molecular flexibility index (Phi) is 5.96. The zero-order chi connectivity index (χ0) is 16.8. The molecule has 1 aliphatic carbocycles. The fourth-order valence-electron chi connectivity index (χ4n) is 3.11. The van der Waals surface area contributed by atoms with Crippen molar-refractivity contribution in [2.24, 2.45) is 11.7 Å². The molecule has 0 spiro atoms. The Bertz CT molecular complexity index is 648. The molecule has 0 aliphatic heterocycles. The number of nitrogens with zero attached hydrogens (tertiary/aromatic N) is 3. The van der Waals surface area contributed by atoms with Gasteiger partial charge in [-0.25, -0.2) is 0 Å². The predicted molar refractivity (Wildman–Crippen MR) is 92.6 cm³/mol. The Labute approximate surface area is 146 Å². The Morgan fingerprint density at radius 3 is 2.88 bits per heavy atom. The van der Waals surface area contributed by atoms with E-state index in [1.807, 2.05) is 12.1 Å². The topological polar surface area (TPSA) is 86.9 Å². The van der Waals surface area contributed by atoms with Crippen LogP contribution < -0.4 is 5.73 Å². The van der Waals surface area contributed by atoms with Crippen LogP contribution in [-0.4, -0.2) is 26.4 Å². The molecule has 2 aromatic rings. The lowest BCUT2D eigenvalue weighted by Crippen LogP contribution is -2.14. The molecule has 6 nitrogen and oxygen atoms in total. The summed E-state index contributed by atoms with van der Waals surface area (Å²) in [5.41, 5.74) is 5.27. The first kappa shape index (κ1) is 17.1. The van der Waals surface area contributed by atoms with Crippen LogP contribution in [0.25, 0.3) is 0 Å². The van der Waals surface area contributed by atoms with Crippen molar-refractivity contribution >= 4 is 17.7 Å². The van der Waals surface area contributed by atoms with E-state index in [9.17, 15) is 4.79 Å². The van der Waals surface area contributed by atoms with Gasteiger partial charge in [0.15, 0.2) is 5.16 Å². The standard InChI is InChI=1S/C17H24N4O2S/c18-15(22)8-9-16-19-20-17(21(16)11-14-7-4-10-23-14)24-12-13-5-2-1-3-6-13/h4,7,10,13H,1-3,5-6,8-9,11-12H2,(H2,18,22). The summed E-state index contributed by atoms with van der Waals surface area (Å²) < 4.78 is 7.51. The van der Waals surface area contributed by atoms with Crippen LogP contribution in [0, 0.1) is 5.92 Å². The van der Waals surface area contributed by atoms with Crippen molar-refractivity contribution < 1.29 is 9.21 Å². The molecule has 0 atom stereocenters.